The molecule has 19 heavy (non-hydrogen) atoms. The zero-order valence-corrected chi connectivity index (χ0v) is 12.8. The molecule has 0 unspecified atom stereocenters. The number of hydrogen-bond acceptors (Lipinski definition) is 2. The van der Waals surface area contributed by atoms with Crippen molar-refractivity contribution in [3.8, 4) is 0 Å². The first-order valence-corrected chi connectivity index (χ1v) is 6.80. The highest BCUT2D eigenvalue weighted by atomic mass is 79.9. The second kappa shape index (κ2) is 5.57. The smallest absolute Gasteiger partial charge is 0.251 e. The van der Waals surface area contributed by atoms with Crippen LogP contribution in [0.3, 0.4) is 0 Å². The Morgan fingerprint density at radius 2 is 2.16 bits per heavy atom. The topological polar surface area (TPSA) is 46.9 Å². The number of carbonyl (C=O) groups excluding carboxylic acids is 1. The highest BCUT2D eigenvalue weighted by molar-refractivity contribution is 9.10. The molecule has 0 saturated heterocycles. The van der Waals surface area contributed by atoms with E-state index in [0.717, 1.165) is 21.3 Å². The molecule has 0 aliphatic rings. The van der Waals surface area contributed by atoms with Gasteiger partial charge in [-0.3, -0.25) is 9.48 Å². The van der Waals surface area contributed by atoms with Gasteiger partial charge in [0.15, 0.2) is 0 Å². The summed E-state index contributed by atoms with van der Waals surface area (Å²) in [4.78, 5) is 12.1. The Morgan fingerprint density at radius 3 is 2.74 bits per heavy atom. The van der Waals surface area contributed by atoms with Gasteiger partial charge in [-0.05, 0) is 41.4 Å². The van der Waals surface area contributed by atoms with Gasteiger partial charge >= 0.3 is 0 Å². The number of aryl methyl sites for hydroxylation is 3. The number of halogens is 1. The molecule has 2 rings (SSSR count). The molecular formula is C14H16BrN3O. The fourth-order valence-electron chi connectivity index (χ4n) is 1.96. The van der Waals surface area contributed by atoms with Crippen molar-refractivity contribution in [1.29, 1.82) is 0 Å². The van der Waals surface area contributed by atoms with E-state index in [1.807, 2.05) is 39.1 Å². The molecule has 4 nitrogen and oxygen atoms in total. The lowest BCUT2D eigenvalue weighted by Crippen LogP contribution is -2.25. The average molecular weight is 322 g/mol. The SMILES string of the molecule is Cc1ccc(C(=O)NCc2c(Br)cnn2C)c(C)c1. The Morgan fingerprint density at radius 1 is 1.42 bits per heavy atom. The van der Waals surface area contributed by atoms with Crippen LogP contribution in [0.15, 0.2) is 28.9 Å². The van der Waals surface area contributed by atoms with Crippen LogP contribution in [0.25, 0.3) is 0 Å². The first-order valence-electron chi connectivity index (χ1n) is 6.01. The average Bonchev–Trinajstić information content (AvgIpc) is 2.66. The van der Waals surface area contributed by atoms with E-state index in [1.165, 1.54) is 0 Å². The number of nitrogens with one attached hydrogen (secondary N) is 1. The zero-order valence-electron chi connectivity index (χ0n) is 11.2. The first-order chi connectivity index (χ1) is 8.99. The van der Waals surface area contributed by atoms with Gasteiger partial charge in [0.1, 0.15) is 0 Å². The van der Waals surface area contributed by atoms with Crippen molar-refractivity contribution in [2.45, 2.75) is 20.4 Å². The monoisotopic (exact) mass is 321 g/mol. The summed E-state index contributed by atoms with van der Waals surface area (Å²) in [7, 11) is 1.85. The zero-order chi connectivity index (χ0) is 14.0. The van der Waals surface area contributed by atoms with Crippen molar-refractivity contribution in [2.24, 2.45) is 7.05 Å². The summed E-state index contributed by atoms with van der Waals surface area (Å²) >= 11 is 3.41. The summed E-state index contributed by atoms with van der Waals surface area (Å²) < 4.78 is 2.64. The van der Waals surface area contributed by atoms with Gasteiger partial charge in [-0.1, -0.05) is 17.7 Å². The molecule has 0 spiro atoms. The lowest BCUT2D eigenvalue weighted by Gasteiger charge is -2.09. The normalized spacial score (nSPS) is 10.5. The van der Waals surface area contributed by atoms with E-state index < -0.39 is 0 Å². The van der Waals surface area contributed by atoms with Gasteiger partial charge < -0.3 is 5.32 Å². The summed E-state index contributed by atoms with van der Waals surface area (Å²) in [5.41, 5.74) is 3.80. The number of carbonyl (C=O) groups is 1. The minimum absolute atomic E-state index is 0.0643. The Labute approximate surface area is 120 Å². The van der Waals surface area contributed by atoms with Crippen LogP contribution in [0.4, 0.5) is 0 Å². The highest BCUT2D eigenvalue weighted by Crippen LogP contribution is 2.15. The second-order valence-electron chi connectivity index (χ2n) is 4.56. The van der Waals surface area contributed by atoms with E-state index in [0.29, 0.717) is 12.1 Å². The van der Waals surface area contributed by atoms with E-state index in [1.54, 1.807) is 10.9 Å². The fourth-order valence-corrected chi connectivity index (χ4v) is 2.45. The number of benzene rings is 1. The summed E-state index contributed by atoms with van der Waals surface area (Å²) in [6, 6.07) is 5.81. The Balaban J connectivity index is 2.10. The first kappa shape index (κ1) is 13.8. The van der Waals surface area contributed by atoms with Crippen molar-refractivity contribution in [2.75, 3.05) is 0 Å². The minimum Gasteiger partial charge on any atom is -0.346 e. The molecule has 1 N–H and O–H groups in total. The molecule has 0 radical (unpaired) electrons. The van der Waals surface area contributed by atoms with E-state index >= 15 is 0 Å². The standard InChI is InChI=1S/C14H16BrN3O/c1-9-4-5-11(10(2)6-9)14(19)16-8-13-12(15)7-17-18(13)3/h4-7H,8H2,1-3H3,(H,16,19). The summed E-state index contributed by atoms with van der Waals surface area (Å²) in [6.45, 7) is 4.41. The molecule has 0 aliphatic carbocycles. The number of aromatic nitrogens is 2. The maximum absolute atomic E-state index is 12.1. The van der Waals surface area contributed by atoms with Gasteiger partial charge in [-0.25, -0.2) is 0 Å². The van der Waals surface area contributed by atoms with Crippen molar-refractivity contribution >= 4 is 21.8 Å². The number of rotatable bonds is 3. The summed E-state index contributed by atoms with van der Waals surface area (Å²) in [5, 5.41) is 7.03. The molecule has 0 fully saturated rings. The van der Waals surface area contributed by atoms with Crippen LogP contribution < -0.4 is 5.32 Å². The molecule has 0 aliphatic heterocycles. The predicted molar refractivity (Wildman–Crippen MR) is 78.0 cm³/mol. The lowest BCUT2D eigenvalue weighted by molar-refractivity contribution is 0.0949. The second-order valence-corrected chi connectivity index (χ2v) is 5.42. The van der Waals surface area contributed by atoms with Crippen LogP contribution in [0.5, 0.6) is 0 Å². The Bertz CT molecular complexity index is 600. The van der Waals surface area contributed by atoms with Crippen molar-refractivity contribution in [3.05, 3.63) is 51.3 Å². The molecule has 0 bridgehead atoms. The van der Waals surface area contributed by atoms with Gasteiger partial charge in [0.25, 0.3) is 5.91 Å². The van der Waals surface area contributed by atoms with Crippen LogP contribution in [0, 0.1) is 13.8 Å². The molecule has 1 aromatic carbocycles. The Kier molecular flexibility index (Phi) is 4.04. The van der Waals surface area contributed by atoms with E-state index in [2.05, 4.69) is 26.3 Å². The van der Waals surface area contributed by atoms with Gasteiger partial charge in [-0.15, -0.1) is 0 Å². The van der Waals surface area contributed by atoms with E-state index in [4.69, 9.17) is 0 Å². The molecule has 100 valence electrons. The number of amides is 1. The van der Waals surface area contributed by atoms with Crippen molar-refractivity contribution in [1.82, 2.24) is 15.1 Å². The number of hydrogen-bond donors (Lipinski definition) is 1. The molecule has 1 heterocycles. The van der Waals surface area contributed by atoms with Gasteiger partial charge in [0.05, 0.1) is 22.9 Å². The van der Waals surface area contributed by atoms with E-state index in [-0.39, 0.29) is 5.91 Å². The third kappa shape index (κ3) is 3.04. The highest BCUT2D eigenvalue weighted by Gasteiger charge is 2.11. The molecule has 0 saturated carbocycles. The van der Waals surface area contributed by atoms with Crippen LogP contribution in [0.2, 0.25) is 0 Å². The number of nitrogens with zero attached hydrogens (tertiary/aromatic N) is 2. The molecular weight excluding hydrogens is 306 g/mol. The lowest BCUT2D eigenvalue weighted by atomic mass is 10.1. The maximum atomic E-state index is 12.1. The predicted octanol–water partition coefficient (Wildman–Crippen LogP) is 2.73. The molecule has 1 amide bonds. The van der Waals surface area contributed by atoms with Gasteiger partial charge in [0.2, 0.25) is 0 Å². The Hall–Kier alpha value is -1.62. The quantitative estimate of drug-likeness (QED) is 0.944. The molecule has 5 heteroatoms. The third-order valence-corrected chi connectivity index (χ3v) is 3.72. The van der Waals surface area contributed by atoms with Crippen LogP contribution in [0.1, 0.15) is 27.2 Å². The maximum Gasteiger partial charge on any atom is 0.251 e. The van der Waals surface area contributed by atoms with E-state index in [9.17, 15) is 4.79 Å². The van der Waals surface area contributed by atoms with Gasteiger partial charge in [-0.2, -0.15) is 5.10 Å². The van der Waals surface area contributed by atoms with Crippen molar-refractivity contribution < 1.29 is 4.79 Å². The molecule has 1 aromatic heterocycles. The largest absolute Gasteiger partial charge is 0.346 e. The summed E-state index contributed by atoms with van der Waals surface area (Å²) in [5.74, 6) is -0.0643. The summed E-state index contributed by atoms with van der Waals surface area (Å²) in [6.07, 6.45) is 1.72. The van der Waals surface area contributed by atoms with Crippen LogP contribution in [-0.2, 0) is 13.6 Å². The van der Waals surface area contributed by atoms with Crippen LogP contribution >= 0.6 is 15.9 Å². The molecule has 0 atom stereocenters. The van der Waals surface area contributed by atoms with Gasteiger partial charge in [0, 0.05) is 12.6 Å². The fraction of sp³-hybridized carbons (Fsp3) is 0.286. The molecule has 2 aromatic rings. The van der Waals surface area contributed by atoms with Crippen molar-refractivity contribution in [3.63, 3.8) is 0 Å². The minimum atomic E-state index is -0.0643. The third-order valence-electron chi connectivity index (χ3n) is 3.05. The van der Waals surface area contributed by atoms with Crippen LogP contribution in [-0.4, -0.2) is 15.7 Å².